The van der Waals surface area contributed by atoms with Crippen molar-refractivity contribution in [2.45, 2.75) is 33.1 Å². The Labute approximate surface area is 231 Å². The minimum absolute atomic E-state index is 0.182. The van der Waals surface area contributed by atoms with Crippen LogP contribution in [0.4, 0.5) is 5.69 Å². The molecule has 3 aromatic carbocycles. The Hall–Kier alpha value is -4.59. The van der Waals surface area contributed by atoms with Gasteiger partial charge in [0.15, 0.2) is 12.4 Å². The quantitative estimate of drug-likeness (QED) is 0.176. The molecule has 0 spiro atoms. The molecule has 1 heterocycles. The molecule has 2 amide bonds. The van der Waals surface area contributed by atoms with E-state index in [9.17, 15) is 24.0 Å². The summed E-state index contributed by atoms with van der Waals surface area (Å²) < 4.78 is 10.5. The lowest BCUT2D eigenvalue weighted by Gasteiger charge is -2.25. The number of Topliss-reactive ketones (excluding diaryl/α,β-unsaturated/α-hetero) is 1. The van der Waals surface area contributed by atoms with Gasteiger partial charge in [-0.3, -0.25) is 19.3 Å². The smallest absolute Gasteiger partial charge is 0.343 e. The Bertz CT molecular complexity index is 1460. The Morgan fingerprint density at radius 2 is 1.32 bits per heavy atom. The van der Waals surface area contributed by atoms with Crippen LogP contribution in [-0.2, 0) is 14.3 Å². The predicted octanol–water partition coefficient (Wildman–Crippen LogP) is 5.18. The Balaban J connectivity index is 1.15. The molecular formula is C32H29NO7. The first kappa shape index (κ1) is 27.0. The molecule has 1 aliphatic heterocycles. The number of hydrogen-bond donors (Lipinski definition) is 0. The van der Waals surface area contributed by atoms with E-state index in [1.807, 2.05) is 19.1 Å². The molecule has 5 rings (SSSR count). The third-order valence-corrected chi connectivity index (χ3v) is 7.56. The highest BCUT2D eigenvalue weighted by Crippen LogP contribution is 2.42. The van der Waals surface area contributed by atoms with E-state index in [1.165, 1.54) is 41.3 Å². The summed E-state index contributed by atoms with van der Waals surface area (Å²) >= 11 is 0. The number of esters is 2. The molecule has 3 unspecified atom stereocenters. The number of rotatable bonds is 7. The minimum atomic E-state index is -0.704. The number of ketones is 1. The minimum Gasteiger partial charge on any atom is -0.454 e. The van der Waals surface area contributed by atoms with E-state index in [1.54, 1.807) is 24.3 Å². The van der Waals surface area contributed by atoms with Gasteiger partial charge in [0, 0.05) is 5.56 Å². The predicted molar refractivity (Wildman–Crippen MR) is 146 cm³/mol. The normalized spacial score (nSPS) is 20.1. The highest BCUT2D eigenvalue weighted by Gasteiger charge is 2.49. The van der Waals surface area contributed by atoms with Crippen molar-refractivity contribution in [1.82, 2.24) is 0 Å². The van der Waals surface area contributed by atoms with Crippen molar-refractivity contribution >= 4 is 35.2 Å². The molecule has 8 heteroatoms. The summed E-state index contributed by atoms with van der Waals surface area (Å²) in [6.07, 6.45) is 2.36. The van der Waals surface area contributed by atoms with Crippen LogP contribution in [0.15, 0.2) is 72.8 Å². The van der Waals surface area contributed by atoms with Crippen LogP contribution in [0.5, 0.6) is 5.75 Å². The number of hydrogen-bond acceptors (Lipinski definition) is 7. The van der Waals surface area contributed by atoms with Gasteiger partial charge in [0.25, 0.3) is 0 Å². The van der Waals surface area contributed by atoms with E-state index in [2.05, 4.69) is 6.92 Å². The molecule has 3 atom stereocenters. The van der Waals surface area contributed by atoms with Crippen LogP contribution in [0.25, 0.3) is 0 Å². The Morgan fingerprint density at radius 3 is 2.00 bits per heavy atom. The third-order valence-electron chi connectivity index (χ3n) is 7.56. The number of benzene rings is 3. The number of carbonyl (C=O) groups excluding carboxylic acids is 5. The summed E-state index contributed by atoms with van der Waals surface area (Å²) in [5, 5.41) is 0. The number of carbonyl (C=O) groups is 5. The topological polar surface area (TPSA) is 107 Å². The average molecular weight is 540 g/mol. The van der Waals surface area contributed by atoms with Crippen molar-refractivity contribution in [3.05, 3.63) is 95.1 Å². The second-order valence-corrected chi connectivity index (χ2v) is 10.5. The highest BCUT2D eigenvalue weighted by atomic mass is 16.5. The summed E-state index contributed by atoms with van der Waals surface area (Å²) in [5.41, 5.74) is 2.35. The van der Waals surface area contributed by atoms with Crippen LogP contribution < -0.4 is 9.64 Å². The summed E-state index contributed by atoms with van der Waals surface area (Å²) in [4.78, 5) is 64.4. The van der Waals surface area contributed by atoms with Gasteiger partial charge >= 0.3 is 11.9 Å². The zero-order valence-electron chi connectivity index (χ0n) is 22.3. The Morgan fingerprint density at radius 1 is 0.750 bits per heavy atom. The first-order valence-electron chi connectivity index (χ1n) is 13.3. The SMILES string of the molecule is Cc1ccc(C(=O)Oc2ccc(C(=O)COC(=O)c3ccc(N4C(=O)C5CCC(C)CC5C4=O)cc3)cc2)cc1. The molecule has 1 saturated heterocycles. The molecule has 1 saturated carbocycles. The fourth-order valence-corrected chi connectivity index (χ4v) is 5.25. The summed E-state index contributed by atoms with van der Waals surface area (Å²) in [7, 11) is 0. The molecule has 1 aliphatic carbocycles. The van der Waals surface area contributed by atoms with Crippen molar-refractivity contribution in [3.63, 3.8) is 0 Å². The number of amides is 2. The first-order chi connectivity index (χ1) is 19.2. The van der Waals surface area contributed by atoms with Gasteiger partial charge in [-0.2, -0.15) is 0 Å². The molecular weight excluding hydrogens is 510 g/mol. The molecule has 3 aromatic rings. The lowest BCUT2D eigenvalue weighted by molar-refractivity contribution is -0.122. The van der Waals surface area contributed by atoms with Crippen LogP contribution in [0, 0.1) is 24.7 Å². The van der Waals surface area contributed by atoms with E-state index in [0.29, 0.717) is 35.6 Å². The fourth-order valence-electron chi connectivity index (χ4n) is 5.25. The van der Waals surface area contributed by atoms with Gasteiger partial charge in [-0.25, -0.2) is 9.59 Å². The molecule has 8 nitrogen and oxygen atoms in total. The summed E-state index contributed by atoms with van der Waals surface area (Å²) in [6.45, 7) is 3.54. The number of aryl methyl sites for hydroxylation is 1. The second-order valence-electron chi connectivity index (χ2n) is 10.5. The zero-order valence-corrected chi connectivity index (χ0v) is 22.3. The van der Waals surface area contributed by atoms with Crippen LogP contribution in [0.1, 0.15) is 62.8 Å². The fraction of sp³-hybridized carbons (Fsp3) is 0.281. The molecule has 40 heavy (non-hydrogen) atoms. The largest absolute Gasteiger partial charge is 0.454 e. The second kappa shape index (κ2) is 11.3. The number of ether oxygens (including phenoxy) is 2. The molecule has 2 fully saturated rings. The number of fused-ring (bicyclic) bond motifs is 1. The van der Waals surface area contributed by atoms with Gasteiger partial charge in [-0.05, 0) is 92.8 Å². The molecule has 0 radical (unpaired) electrons. The lowest BCUT2D eigenvalue weighted by Crippen LogP contribution is -2.30. The van der Waals surface area contributed by atoms with Crippen molar-refractivity contribution in [1.29, 1.82) is 0 Å². The number of nitrogens with zero attached hydrogens (tertiary/aromatic N) is 1. The Kier molecular flexibility index (Phi) is 7.60. The van der Waals surface area contributed by atoms with E-state index in [4.69, 9.17) is 9.47 Å². The van der Waals surface area contributed by atoms with Crippen molar-refractivity contribution in [2.75, 3.05) is 11.5 Å². The average Bonchev–Trinajstić information content (AvgIpc) is 3.20. The van der Waals surface area contributed by atoms with Crippen LogP contribution in [0.2, 0.25) is 0 Å². The number of anilines is 1. The van der Waals surface area contributed by atoms with Crippen LogP contribution in [-0.4, -0.2) is 36.1 Å². The lowest BCUT2D eigenvalue weighted by atomic mass is 9.76. The maximum absolute atomic E-state index is 12.9. The molecule has 0 N–H and O–H groups in total. The zero-order chi connectivity index (χ0) is 28.4. The molecule has 2 aliphatic rings. The maximum Gasteiger partial charge on any atom is 0.343 e. The van der Waals surface area contributed by atoms with E-state index < -0.39 is 24.3 Å². The van der Waals surface area contributed by atoms with Crippen molar-refractivity contribution in [2.24, 2.45) is 17.8 Å². The maximum atomic E-state index is 12.9. The van der Waals surface area contributed by atoms with Crippen molar-refractivity contribution < 1.29 is 33.4 Å². The van der Waals surface area contributed by atoms with E-state index in [0.717, 1.165) is 12.0 Å². The van der Waals surface area contributed by atoms with Gasteiger partial charge in [0.2, 0.25) is 11.8 Å². The van der Waals surface area contributed by atoms with E-state index in [-0.39, 0.29) is 35.0 Å². The van der Waals surface area contributed by atoms with Gasteiger partial charge in [0.05, 0.1) is 28.7 Å². The van der Waals surface area contributed by atoms with Crippen LogP contribution >= 0.6 is 0 Å². The van der Waals surface area contributed by atoms with E-state index >= 15 is 0 Å². The van der Waals surface area contributed by atoms with Gasteiger partial charge in [0.1, 0.15) is 5.75 Å². The van der Waals surface area contributed by atoms with Crippen molar-refractivity contribution in [3.8, 4) is 5.75 Å². The van der Waals surface area contributed by atoms with Gasteiger partial charge in [-0.15, -0.1) is 0 Å². The third kappa shape index (κ3) is 5.57. The standard InChI is InChI=1S/C32H29NO7/c1-19-3-6-23(7-4-19)32(38)40-25-14-10-21(11-15-25)28(34)18-39-31(37)22-8-12-24(13-9-22)33-29(35)26-16-5-20(2)17-27(26)30(33)36/h3-4,6-15,20,26-27H,5,16-18H2,1-2H3. The molecule has 204 valence electrons. The highest BCUT2D eigenvalue weighted by molar-refractivity contribution is 6.22. The monoisotopic (exact) mass is 539 g/mol. The van der Waals surface area contributed by atoms with Gasteiger partial charge in [-0.1, -0.05) is 24.6 Å². The number of imide groups is 1. The molecule has 0 aromatic heterocycles. The first-order valence-corrected chi connectivity index (χ1v) is 13.3. The summed E-state index contributed by atoms with van der Waals surface area (Å²) in [6, 6.07) is 19.0. The van der Waals surface area contributed by atoms with Gasteiger partial charge < -0.3 is 9.47 Å². The summed E-state index contributed by atoms with van der Waals surface area (Å²) in [5.74, 6) is -1.85. The molecule has 0 bridgehead atoms. The van der Waals surface area contributed by atoms with Crippen LogP contribution in [0.3, 0.4) is 0 Å².